The highest BCUT2D eigenvalue weighted by Crippen LogP contribution is 2.30. The molecule has 0 saturated heterocycles. The van der Waals surface area contributed by atoms with Gasteiger partial charge < -0.3 is 10.5 Å². The van der Waals surface area contributed by atoms with Gasteiger partial charge in [-0.05, 0) is 60.9 Å². The number of hydrogen-bond acceptors (Lipinski definition) is 4. The van der Waals surface area contributed by atoms with E-state index in [1.165, 1.54) is 0 Å². The number of amides is 1. The van der Waals surface area contributed by atoms with Gasteiger partial charge in [-0.1, -0.05) is 20.8 Å². The Balaban J connectivity index is 2.38. The van der Waals surface area contributed by atoms with Gasteiger partial charge in [-0.3, -0.25) is 9.48 Å². The van der Waals surface area contributed by atoms with Gasteiger partial charge in [0.15, 0.2) is 5.69 Å². The molecule has 1 aromatic heterocycles. The second-order valence-electron chi connectivity index (χ2n) is 6.34. The molecule has 0 spiro atoms. The highest BCUT2D eigenvalue weighted by atomic mass is 79.9. The van der Waals surface area contributed by atoms with Gasteiger partial charge in [0, 0.05) is 23.3 Å². The smallest absolute Gasteiger partial charge is 0.277 e. The summed E-state index contributed by atoms with van der Waals surface area (Å²) in [5.41, 5.74) is 0.301. The number of carbonyl (C=O) groups excluding carboxylic acids is 1. The fourth-order valence-corrected chi connectivity index (χ4v) is 2.85. The molecule has 1 N–H and O–H groups in total. The highest BCUT2D eigenvalue weighted by molar-refractivity contribution is 9.10. The van der Waals surface area contributed by atoms with Crippen molar-refractivity contribution in [1.82, 2.24) is 9.78 Å². The van der Waals surface area contributed by atoms with E-state index in [0.29, 0.717) is 21.6 Å². The molecule has 2 aromatic rings. The normalized spacial score (nSPS) is 12.3. The van der Waals surface area contributed by atoms with Crippen molar-refractivity contribution in [3.8, 4) is 0 Å². The summed E-state index contributed by atoms with van der Waals surface area (Å²) >= 11 is 6.68. The molecule has 0 unspecified atom stereocenters. The SMILES string of the molecule is CCn1cc(Br)c(C(=O)Nc2cc(Br)ccc2[N+]([O-])=NC(C)(C)C)n1. The first-order valence-corrected chi connectivity index (χ1v) is 9.23. The van der Waals surface area contributed by atoms with Crippen LogP contribution in [0.1, 0.15) is 38.2 Å². The maximum atomic E-state index is 12.6. The summed E-state index contributed by atoms with van der Waals surface area (Å²) in [5.74, 6) is -0.414. The zero-order valence-corrected chi connectivity index (χ0v) is 17.5. The van der Waals surface area contributed by atoms with Crippen LogP contribution < -0.4 is 5.32 Å². The molecule has 0 aliphatic carbocycles. The van der Waals surface area contributed by atoms with Gasteiger partial charge >= 0.3 is 0 Å². The van der Waals surface area contributed by atoms with Gasteiger partial charge in [-0.25, -0.2) is 0 Å². The molecule has 0 saturated carbocycles. The van der Waals surface area contributed by atoms with Gasteiger partial charge in [0.05, 0.1) is 4.47 Å². The third-order valence-electron chi connectivity index (χ3n) is 3.06. The summed E-state index contributed by atoms with van der Waals surface area (Å²) < 4.78 is 2.96. The Labute approximate surface area is 163 Å². The summed E-state index contributed by atoms with van der Waals surface area (Å²) in [5, 5.41) is 23.4. The van der Waals surface area contributed by atoms with Crippen LogP contribution in [-0.4, -0.2) is 26.1 Å². The first-order chi connectivity index (χ1) is 11.6. The van der Waals surface area contributed by atoms with Crippen LogP contribution in [0.3, 0.4) is 0 Å². The number of rotatable bonds is 4. The molecule has 25 heavy (non-hydrogen) atoms. The molecule has 0 aliphatic rings. The number of nitrogens with one attached hydrogen (secondary N) is 1. The average molecular weight is 473 g/mol. The van der Waals surface area contributed by atoms with E-state index < -0.39 is 11.4 Å². The van der Waals surface area contributed by atoms with Crippen molar-refractivity contribution in [3.63, 3.8) is 0 Å². The van der Waals surface area contributed by atoms with Crippen molar-refractivity contribution in [2.24, 2.45) is 5.11 Å². The minimum atomic E-state index is -0.543. The Morgan fingerprint density at radius 2 is 2.08 bits per heavy atom. The van der Waals surface area contributed by atoms with E-state index in [1.807, 2.05) is 27.7 Å². The lowest BCUT2D eigenvalue weighted by molar-refractivity contribution is -0.448. The highest BCUT2D eigenvalue weighted by Gasteiger charge is 2.21. The number of azo groups is 1. The molecular weight excluding hydrogens is 454 g/mol. The van der Waals surface area contributed by atoms with Gasteiger partial charge in [-0.15, -0.1) is 0 Å². The number of aryl methyl sites for hydroxylation is 1. The topological polar surface area (TPSA) is 85.3 Å². The van der Waals surface area contributed by atoms with Crippen molar-refractivity contribution in [3.05, 3.63) is 44.2 Å². The minimum Gasteiger partial charge on any atom is -0.594 e. The predicted octanol–water partition coefficient (Wildman–Crippen LogP) is 5.07. The summed E-state index contributed by atoms with van der Waals surface area (Å²) in [6.45, 7) is 8.04. The summed E-state index contributed by atoms with van der Waals surface area (Å²) in [6, 6.07) is 4.97. The van der Waals surface area contributed by atoms with E-state index in [2.05, 4.69) is 47.4 Å². The Kier molecular flexibility index (Phi) is 5.99. The Morgan fingerprint density at radius 3 is 2.64 bits per heavy atom. The van der Waals surface area contributed by atoms with E-state index in [9.17, 15) is 10.0 Å². The average Bonchev–Trinajstić information content (AvgIpc) is 2.86. The quantitative estimate of drug-likeness (QED) is 0.382. The van der Waals surface area contributed by atoms with E-state index >= 15 is 0 Å². The largest absolute Gasteiger partial charge is 0.594 e. The lowest BCUT2D eigenvalue weighted by Gasteiger charge is -2.12. The summed E-state index contributed by atoms with van der Waals surface area (Å²) in [4.78, 5) is 13.1. The Hall–Kier alpha value is -1.74. The van der Waals surface area contributed by atoms with Crippen LogP contribution in [0.25, 0.3) is 0 Å². The molecule has 9 heteroatoms. The van der Waals surface area contributed by atoms with Crippen molar-refractivity contribution >= 4 is 49.1 Å². The zero-order valence-electron chi connectivity index (χ0n) is 14.4. The second kappa shape index (κ2) is 7.65. The van der Waals surface area contributed by atoms with Crippen molar-refractivity contribution < 1.29 is 9.66 Å². The number of hydrogen-bond donors (Lipinski definition) is 1. The van der Waals surface area contributed by atoms with Crippen molar-refractivity contribution in [2.75, 3.05) is 5.32 Å². The van der Waals surface area contributed by atoms with Gasteiger partial charge in [0.25, 0.3) is 11.6 Å². The maximum absolute atomic E-state index is 12.6. The van der Waals surface area contributed by atoms with Crippen LogP contribution in [-0.2, 0) is 6.54 Å². The first kappa shape index (κ1) is 19.6. The first-order valence-electron chi connectivity index (χ1n) is 7.64. The molecule has 0 aliphatic heterocycles. The molecule has 0 atom stereocenters. The summed E-state index contributed by atoms with van der Waals surface area (Å²) in [7, 11) is 0. The molecular formula is C16H19Br2N5O2. The van der Waals surface area contributed by atoms with Crippen LogP contribution >= 0.6 is 31.9 Å². The molecule has 7 nitrogen and oxygen atoms in total. The molecule has 1 heterocycles. The Morgan fingerprint density at radius 1 is 1.40 bits per heavy atom. The molecule has 134 valence electrons. The molecule has 1 amide bonds. The van der Waals surface area contributed by atoms with E-state index in [-0.39, 0.29) is 11.4 Å². The maximum Gasteiger partial charge on any atom is 0.277 e. The standard InChI is InChI=1S/C16H19Br2N5O2/c1-5-22-9-11(18)14(20-22)15(24)19-12-8-10(17)6-7-13(12)23(25)21-16(2,3)4/h6-9H,5H2,1-4H3,(H,19,24). The fourth-order valence-electron chi connectivity index (χ4n) is 2.00. The van der Waals surface area contributed by atoms with E-state index in [4.69, 9.17) is 0 Å². The fraction of sp³-hybridized carbons (Fsp3) is 0.375. The van der Waals surface area contributed by atoms with Crippen molar-refractivity contribution in [2.45, 2.75) is 39.8 Å². The zero-order chi connectivity index (χ0) is 18.8. The lowest BCUT2D eigenvalue weighted by Crippen LogP contribution is -2.16. The minimum absolute atomic E-state index is 0.248. The lowest BCUT2D eigenvalue weighted by atomic mass is 10.1. The van der Waals surface area contributed by atoms with Gasteiger partial charge in [0.1, 0.15) is 11.2 Å². The number of halogens is 2. The summed E-state index contributed by atoms with van der Waals surface area (Å²) in [6.07, 6.45) is 1.73. The number of anilines is 1. The van der Waals surface area contributed by atoms with Gasteiger partial charge in [-0.2, -0.15) is 5.10 Å². The Bertz CT molecular complexity index is 824. The molecule has 2 rings (SSSR count). The second-order valence-corrected chi connectivity index (χ2v) is 8.11. The van der Waals surface area contributed by atoms with E-state index in [1.54, 1.807) is 29.1 Å². The number of aromatic nitrogens is 2. The predicted molar refractivity (Wildman–Crippen MR) is 103 cm³/mol. The van der Waals surface area contributed by atoms with Crippen LogP contribution in [0.15, 0.2) is 38.5 Å². The molecule has 0 bridgehead atoms. The number of nitrogens with zero attached hydrogens (tertiary/aromatic N) is 4. The number of carbonyl (C=O) groups is 1. The number of benzene rings is 1. The molecule has 1 aromatic carbocycles. The van der Waals surface area contributed by atoms with Gasteiger partial charge in [0.2, 0.25) is 0 Å². The van der Waals surface area contributed by atoms with Crippen molar-refractivity contribution in [1.29, 1.82) is 0 Å². The third-order valence-corrected chi connectivity index (χ3v) is 4.13. The third kappa shape index (κ3) is 5.12. The monoisotopic (exact) mass is 471 g/mol. The molecule has 0 fully saturated rings. The van der Waals surface area contributed by atoms with E-state index in [0.717, 1.165) is 4.47 Å². The van der Waals surface area contributed by atoms with Crippen LogP contribution in [0.2, 0.25) is 0 Å². The van der Waals surface area contributed by atoms with Crippen LogP contribution in [0.5, 0.6) is 0 Å². The van der Waals surface area contributed by atoms with Crippen LogP contribution in [0.4, 0.5) is 11.4 Å². The van der Waals surface area contributed by atoms with Crippen LogP contribution in [0, 0.1) is 5.21 Å². The molecule has 0 radical (unpaired) electrons.